The molecule has 1 rings (SSSR count). The molecule has 0 spiro atoms. The van der Waals surface area contributed by atoms with Crippen LogP contribution in [0.15, 0.2) is 24.0 Å². The fourth-order valence-electron chi connectivity index (χ4n) is 1.53. The maximum Gasteiger partial charge on any atom is 0.313 e. The van der Waals surface area contributed by atoms with Gasteiger partial charge in [0, 0.05) is 6.42 Å². The van der Waals surface area contributed by atoms with Crippen molar-refractivity contribution in [1.29, 1.82) is 0 Å². The molecule has 0 aromatic heterocycles. The highest BCUT2D eigenvalue weighted by Crippen LogP contribution is 2.22. The highest BCUT2D eigenvalue weighted by atomic mass is 32.2. The van der Waals surface area contributed by atoms with Gasteiger partial charge in [-0.1, -0.05) is 12.2 Å². The van der Waals surface area contributed by atoms with Crippen LogP contribution >= 0.6 is 11.8 Å². The van der Waals surface area contributed by atoms with E-state index in [2.05, 4.69) is 6.08 Å². The second kappa shape index (κ2) is 6.56. The largest absolute Gasteiger partial charge is 0.512 e. The molecule has 2 N–H and O–H groups in total. The molecule has 0 saturated carbocycles. The third-order valence-electron chi connectivity index (χ3n) is 2.23. The molecule has 0 saturated heterocycles. The van der Waals surface area contributed by atoms with Gasteiger partial charge in [-0.15, -0.1) is 0 Å². The topological polar surface area (TPSA) is 57.5 Å². The van der Waals surface area contributed by atoms with E-state index in [9.17, 15) is 9.90 Å². The molecule has 0 fully saturated rings. The Hall–Kier alpha value is -0.900. The summed E-state index contributed by atoms with van der Waals surface area (Å²) in [5, 5.41) is 17.7. The number of hydrogen-bond acceptors (Lipinski definition) is 3. The number of carbonyl (C=O) groups is 1. The zero-order valence-electron chi connectivity index (χ0n) is 8.56. The number of aliphatic hydroxyl groups excluding tert-OH is 1. The van der Waals surface area contributed by atoms with Crippen molar-refractivity contribution in [2.75, 3.05) is 11.5 Å². The summed E-state index contributed by atoms with van der Waals surface area (Å²) in [4.78, 5) is 10.2. The summed E-state index contributed by atoms with van der Waals surface area (Å²) < 4.78 is 0. The van der Waals surface area contributed by atoms with Crippen LogP contribution in [0.4, 0.5) is 0 Å². The van der Waals surface area contributed by atoms with Crippen molar-refractivity contribution in [2.24, 2.45) is 5.92 Å². The van der Waals surface area contributed by atoms with Crippen molar-refractivity contribution in [3.05, 3.63) is 24.0 Å². The zero-order valence-corrected chi connectivity index (χ0v) is 9.37. The Morgan fingerprint density at radius 2 is 2.40 bits per heavy atom. The van der Waals surface area contributed by atoms with E-state index in [0.29, 0.717) is 11.7 Å². The van der Waals surface area contributed by atoms with Gasteiger partial charge in [0.05, 0.1) is 11.5 Å². The monoisotopic (exact) mass is 228 g/mol. The highest BCUT2D eigenvalue weighted by Gasteiger charge is 2.10. The summed E-state index contributed by atoms with van der Waals surface area (Å²) in [7, 11) is 0. The molecule has 1 unspecified atom stereocenters. The van der Waals surface area contributed by atoms with E-state index < -0.39 is 5.97 Å². The van der Waals surface area contributed by atoms with Gasteiger partial charge in [-0.2, -0.15) is 11.8 Å². The summed E-state index contributed by atoms with van der Waals surface area (Å²) in [6.07, 6.45) is 8.44. The Balaban J connectivity index is 2.04. The summed E-state index contributed by atoms with van der Waals surface area (Å²) in [6.45, 7) is 0. The lowest BCUT2D eigenvalue weighted by atomic mass is 9.95. The maximum atomic E-state index is 10.2. The van der Waals surface area contributed by atoms with Gasteiger partial charge >= 0.3 is 5.97 Å². The molecule has 3 nitrogen and oxygen atoms in total. The normalized spacial score (nSPS) is 20.0. The summed E-state index contributed by atoms with van der Waals surface area (Å²) >= 11 is 1.45. The number of hydrogen-bond donors (Lipinski definition) is 2. The van der Waals surface area contributed by atoms with E-state index >= 15 is 0 Å². The van der Waals surface area contributed by atoms with Crippen molar-refractivity contribution in [1.82, 2.24) is 0 Å². The van der Waals surface area contributed by atoms with E-state index in [1.807, 2.05) is 6.08 Å². The van der Waals surface area contributed by atoms with Crippen LogP contribution in [0, 0.1) is 5.92 Å². The van der Waals surface area contributed by atoms with E-state index in [-0.39, 0.29) is 5.75 Å². The van der Waals surface area contributed by atoms with Crippen LogP contribution < -0.4 is 0 Å². The third-order valence-corrected chi connectivity index (χ3v) is 3.26. The third kappa shape index (κ3) is 5.52. The minimum Gasteiger partial charge on any atom is -0.512 e. The minimum atomic E-state index is -0.752. The van der Waals surface area contributed by atoms with E-state index in [1.54, 1.807) is 6.08 Å². The second-order valence-electron chi connectivity index (χ2n) is 3.60. The van der Waals surface area contributed by atoms with Crippen LogP contribution in [-0.2, 0) is 4.79 Å². The molecule has 0 aromatic rings. The molecule has 15 heavy (non-hydrogen) atoms. The first-order valence-electron chi connectivity index (χ1n) is 5.04. The number of rotatable bonds is 6. The van der Waals surface area contributed by atoms with E-state index in [1.165, 1.54) is 11.8 Å². The Morgan fingerprint density at radius 1 is 1.60 bits per heavy atom. The molecule has 0 radical (unpaired) electrons. The average molecular weight is 228 g/mol. The van der Waals surface area contributed by atoms with Crippen LogP contribution in [0.3, 0.4) is 0 Å². The molecule has 1 aliphatic carbocycles. The predicted octanol–water partition coefficient (Wildman–Crippen LogP) is 2.60. The summed E-state index contributed by atoms with van der Waals surface area (Å²) in [5.41, 5.74) is 0. The Morgan fingerprint density at radius 3 is 3.07 bits per heavy atom. The summed E-state index contributed by atoms with van der Waals surface area (Å²) in [5.74, 6) is 1.17. The summed E-state index contributed by atoms with van der Waals surface area (Å²) in [6, 6.07) is 0. The van der Waals surface area contributed by atoms with Gasteiger partial charge in [-0.05, 0) is 30.6 Å². The van der Waals surface area contributed by atoms with Crippen LogP contribution in [0.25, 0.3) is 0 Å². The van der Waals surface area contributed by atoms with Gasteiger partial charge < -0.3 is 10.2 Å². The molecule has 0 heterocycles. The molecular weight excluding hydrogens is 212 g/mol. The van der Waals surface area contributed by atoms with Gasteiger partial charge in [0.25, 0.3) is 0 Å². The quantitative estimate of drug-likeness (QED) is 0.686. The van der Waals surface area contributed by atoms with Gasteiger partial charge in [0.15, 0.2) is 0 Å². The lowest BCUT2D eigenvalue weighted by molar-refractivity contribution is -0.133. The van der Waals surface area contributed by atoms with Crippen LogP contribution in [0.1, 0.15) is 19.3 Å². The van der Waals surface area contributed by atoms with Gasteiger partial charge in [-0.3, -0.25) is 4.79 Å². The molecule has 0 aromatic carbocycles. The first-order valence-corrected chi connectivity index (χ1v) is 6.20. The standard InChI is InChI=1S/C11H16O3S/c12-10-5-1-3-9(7-10)4-2-6-15-8-11(13)14/h1,3,5,9,12H,2,4,6-8H2,(H,13,14). The number of thioether (sulfide) groups is 1. The molecule has 0 aliphatic heterocycles. The Bertz CT molecular complexity index is 271. The number of carboxylic acids is 1. The number of aliphatic hydroxyl groups is 1. The van der Waals surface area contributed by atoms with Crippen molar-refractivity contribution in [2.45, 2.75) is 19.3 Å². The number of carboxylic acid groups (broad SMARTS) is 1. The molecule has 1 aliphatic rings. The molecular formula is C11H16O3S. The zero-order chi connectivity index (χ0) is 11.1. The van der Waals surface area contributed by atoms with Gasteiger partial charge in [0.2, 0.25) is 0 Å². The first kappa shape index (κ1) is 12.2. The molecule has 4 heteroatoms. The van der Waals surface area contributed by atoms with Gasteiger partial charge in [-0.25, -0.2) is 0 Å². The Labute approximate surface area is 93.9 Å². The van der Waals surface area contributed by atoms with E-state index in [4.69, 9.17) is 5.11 Å². The van der Waals surface area contributed by atoms with Crippen molar-refractivity contribution in [3.8, 4) is 0 Å². The lowest BCUT2D eigenvalue weighted by Gasteiger charge is -2.14. The maximum absolute atomic E-state index is 10.2. The van der Waals surface area contributed by atoms with Gasteiger partial charge in [0.1, 0.15) is 0 Å². The fourth-order valence-corrected chi connectivity index (χ4v) is 2.22. The van der Waals surface area contributed by atoms with Crippen molar-refractivity contribution >= 4 is 17.7 Å². The van der Waals surface area contributed by atoms with Crippen LogP contribution in [0.5, 0.6) is 0 Å². The smallest absolute Gasteiger partial charge is 0.313 e. The van der Waals surface area contributed by atoms with Crippen LogP contribution in [-0.4, -0.2) is 27.7 Å². The minimum absolute atomic E-state index is 0.186. The number of allylic oxidation sites excluding steroid dienone is 4. The molecule has 1 atom stereocenters. The average Bonchev–Trinajstić information content (AvgIpc) is 2.17. The van der Waals surface area contributed by atoms with E-state index in [0.717, 1.165) is 25.0 Å². The first-order chi connectivity index (χ1) is 7.18. The highest BCUT2D eigenvalue weighted by molar-refractivity contribution is 7.99. The van der Waals surface area contributed by atoms with Crippen LogP contribution in [0.2, 0.25) is 0 Å². The molecule has 0 bridgehead atoms. The van der Waals surface area contributed by atoms with Crippen molar-refractivity contribution < 1.29 is 15.0 Å². The predicted molar refractivity (Wildman–Crippen MR) is 62.2 cm³/mol. The molecule has 84 valence electrons. The number of aliphatic carboxylic acids is 1. The van der Waals surface area contributed by atoms with Crippen molar-refractivity contribution in [3.63, 3.8) is 0 Å². The SMILES string of the molecule is O=C(O)CSCCCC1C=CC=C(O)C1. The lowest BCUT2D eigenvalue weighted by Crippen LogP contribution is -2.03. The fraction of sp³-hybridized carbons (Fsp3) is 0.545. The Kier molecular flexibility index (Phi) is 5.32. The second-order valence-corrected chi connectivity index (χ2v) is 4.70. The molecule has 0 amide bonds.